The molecule has 0 fully saturated rings. The highest BCUT2D eigenvalue weighted by atomic mass is 16.5. The zero-order valence-corrected chi connectivity index (χ0v) is 9.45. The van der Waals surface area contributed by atoms with Crippen molar-refractivity contribution in [2.24, 2.45) is 5.92 Å². The molecule has 0 aliphatic heterocycles. The van der Waals surface area contributed by atoms with E-state index in [1.807, 2.05) is 12.1 Å². The van der Waals surface area contributed by atoms with Crippen LogP contribution in [0.5, 0.6) is 5.75 Å². The summed E-state index contributed by atoms with van der Waals surface area (Å²) >= 11 is 0. The van der Waals surface area contributed by atoms with Gasteiger partial charge in [0.25, 0.3) is 0 Å². The zero-order chi connectivity index (χ0) is 10.6. The average molecular weight is 193 g/mol. The van der Waals surface area contributed by atoms with E-state index in [4.69, 9.17) is 4.74 Å². The van der Waals surface area contributed by atoms with Crippen molar-refractivity contribution < 1.29 is 4.74 Å². The Kier molecular flexibility index (Phi) is 3.81. The predicted octanol–water partition coefficient (Wildman–Crippen LogP) is 2.79. The first-order valence-electron chi connectivity index (χ1n) is 4.98. The Morgan fingerprint density at radius 2 is 1.79 bits per heavy atom. The fourth-order valence-corrected chi connectivity index (χ4v) is 1.49. The van der Waals surface area contributed by atoms with Crippen molar-refractivity contribution in [2.75, 3.05) is 25.6 Å². The van der Waals surface area contributed by atoms with Gasteiger partial charge in [-0.25, -0.2) is 0 Å². The van der Waals surface area contributed by atoms with Gasteiger partial charge in [-0.2, -0.15) is 0 Å². The molecule has 0 spiro atoms. The van der Waals surface area contributed by atoms with Crippen molar-refractivity contribution in [3.8, 4) is 5.75 Å². The minimum Gasteiger partial charge on any atom is -0.497 e. The lowest BCUT2D eigenvalue weighted by atomic mass is 10.2. The van der Waals surface area contributed by atoms with Gasteiger partial charge < -0.3 is 9.64 Å². The largest absolute Gasteiger partial charge is 0.497 e. The van der Waals surface area contributed by atoms with E-state index in [1.165, 1.54) is 5.69 Å². The van der Waals surface area contributed by atoms with Crippen LogP contribution >= 0.6 is 0 Å². The first-order valence-corrected chi connectivity index (χ1v) is 4.98. The van der Waals surface area contributed by atoms with Crippen LogP contribution in [0.1, 0.15) is 13.8 Å². The van der Waals surface area contributed by atoms with Gasteiger partial charge in [-0.3, -0.25) is 0 Å². The third-order valence-electron chi connectivity index (χ3n) is 2.15. The summed E-state index contributed by atoms with van der Waals surface area (Å²) in [5, 5.41) is 0. The standard InChI is InChI=1S/C12H19NO/c1-10(2)9-13(3)11-5-7-12(14-4)8-6-11/h5-8,10H,9H2,1-4H3. The second kappa shape index (κ2) is 4.89. The highest BCUT2D eigenvalue weighted by Crippen LogP contribution is 2.18. The summed E-state index contributed by atoms with van der Waals surface area (Å²) in [6.45, 7) is 5.52. The van der Waals surface area contributed by atoms with Gasteiger partial charge >= 0.3 is 0 Å². The van der Waals surface area contributed by atoms with Crippen molar-refractivity contribution in [3.63, 3.8) is 0 Å². The fraction of sp³-hybridized carbons (Fsp3) is 0.500. The summed E-state index contributed by atoms with van der Waals surface area (Å²) in [5.41, 5.74) is 1.24. The van der Waals surface area contributed by atoms with Crippen molar-refractivity contribution in [1.82, 2.24) is 0 Å². The molecule has 0 amide bonds. The van der Waals surface area contributed by atoms with Crippen LogP contribution in [0.3, 0.4) is 0 Å². The Morgan fingerprint density at radius 1 is 1.21 bits per heavy atom. The lowest BCUT2D eigenvalue weighted by molar-refractivity contribution is 0.415. The van der Waals surface area contributed by atoms with E-state index in [0.717, 1.165) is 12.3 Å². The van der Waals surface area contributed by atoms with Gasteiger partial charge in [0.05, 0.1) is 7.11 Å². The molecule has 1 aromatic carbocycles. The summed E-state index contributed by atoms with van der Waals surface area (Å²) in [7, 11) is 3.80. The van der Waals surface area contributed by atoms with E-state index in [2.05, 4.69) is 37.9 Å². The molecular weight excluding hydrogens is 174 g/mol. The smallest absolute Gasteiger partial charge is 0.119 e. The summed E-state index contributed by atoms with van der Waals surface area (Å²) in [6.07, 6.45) is 0. The first kappa shape index (κ1) is 10.9. The van der Waals surface area contributed by atoms with Gasteiger partial charge in [-0.1, -0.05) is 13.8 Å². The van der Waals surface area contributed by atoms with E-state index < -0.39 is 0 Å². The summed E-state index contributed by atoms with van der Waals surface area (Å²) < 4.78 is 5.11. The highest BCUT2D eigenvalue weighted by molar-refractivity contribution is 5.48. The lowest BCUT2D eigenvalue weighted by Gasteiger charge is -2.21. The summed E-state index contributed by atoms with van der Waals surface area (Å²) in [4.78, 5) is 2.25. The number of benzene rings is 1. The SMILES string of the molecule is COc1ccc(N(C)CC(C)C)cc1. The lowest BCUT2D eigenvalue weighted by Crippen LogP contribution is -2.22. The molecule has 0 N–H and O–H groups in total. The molecule has 1 aromatic rings. The molecule has 0 unspecified atom stereocenters. The minimum atomic E-state index is 0.683. The second-order valence-electron chi connectivity index (χ2n) is 3.97. The molecule has 78 valence electrons. The van der Waals surface area contributed by atoms with Gasteiger partial charge in [0.15, 0.2) is 0 Å². The molecule has 2 heteroatoms. The van der Waals surface area contributed by atoms with Gasteiger partial charge in [0, 0.05) is 19.3 Å². The van der Waals surface area contributed by atoms with Crippen LogP contribution in [0.25, 0.3) is 0 Å². The van der Waals surface area contributed by atoms with Crippen LogP contribution in [-0.4, -0.2) is 20.7 Å². The van der Waals surface area contributed by atoms with Gasteiger partial charge in [0.2, 0.25) is 0 Å². The summed E-state index contributed by atoms with van der Waals surface area (Å²) in [6, 6.07) is 8.15. The van der Waals surface area contributed by atoms with Gasteiger partial charge in [-0.05, 0) is 30.2 Å². The predicted molar refractivity (Wildman–Crippen MR) is 61.1 cm³/mol. The fourth-order valence-electron chi connectivity index (χ4n) is 1.49. The molecule has 0 saturated heterocycles. The monoisotopic (exact) mass is 193 g/mol. The van der Waals surface area contributed by atoms with Gasteiger partial charge in [0.1, 0.15) is 5.75 Å². The minimum absolute atomic E-state index is 0.683. The number of rotatable bonds is 4. The summed E-state index contributed by atoms with van der Waals surface area (Å²) in [5.74, 6) is 1.59. The molecule has 0 bridgehead atoms. The maximum Gasteiger partial charge on any atom is 0.119 e. The van der Waals surface area contributed by atoms with E-state index in [1.54, 1.807) is 7.11 Å². The molecule has 1 rings (SSSR count). The van der Waals surface area contributed by atoms with Crippen molar-refractivity contribution in [3.05, 3.63) is 24.3 Å². The molecule has 0 saturated carbocycles. The molecule has 0 heterocycles. The molecule has 2 nitrogen and oxygen atoms in total. The Labute approximate surface area is 86.5 Å². The Balaban J connectivity index is 2.66. The van der Waals surface area contributed by atoms with Crippen molar-refractivity contribution >= 4 is 5.69 Å². The van der Waals surface area contributed by atoms with Crippen LogP contribution in [-0.2, 0) is 0 Å². The quantitative estimate of drug-likeness (QED) is 0.729. The van der Waals surface area contributed by atoms with Crippen LogP contribution < -0.4 is 9.64 Å². The van der Waals surface area contributed by atoms with Crippen LogP contribution in [0, 0.1) is 5.92 Å². The van der Waals surface area contributed by atoms with E-state index >= 15 is 0 Å². The molecular formula is C12H19NO. The van der Waals surface area contributed by atoms with Crippen LogP contribution in [0.4, 0.5) is 5.69 Å². The van der Waals surface area contributed by atoms with Crippen molar-refractivity contribution in [1.29, 1.82) is 0 Å². The Morgan fingerprint density at radius 3 is 2.21 bits per heavy atom. The molecule has 0 aromatic heterocycles. The number of methoxy groups -OCH3 is 1. The first-order chi connectivity index (χ1) is 6.63. The Hall–Kier alpha value is -1.18. The third kappa shape index (κ3) is 2.95. The third-order valence-corrected chi connectivity index (χ3v) is 2.15. The number of anilines is 1. The molecule has 0 aliphatic rings. The molecule has 0 atom stereocenters. The average Bonchev–Trinajstić information content (AvgIpc) is 2.17. The van der Waals surface area contributed by atoms with E-state index in [9.17, 15) is 0 Å². The second-order valence-corrected chi connectivity index (χ2v) is 3.97. The maximum absolute atomic E-state index is 5.11. The Bertz CT molecular complexity index is 266. The topological polar surface area (TPSA) is 12.5 Å². The molecule has 0 radical (unpaired) electrons. The number of hydrogen-bond acceptors (Lipinski definition) is 2. The van der Waals surface area contributed by atoms with Crippen LogP contribution in [0.15, 0.2) is 24.3 Å². The van der Waals surface area contributed by atoms with Crippen molar-refractivity contribution in [2.45, 2.75) is 13.8 Å². The zero-order valence-electron chi connectivity index (χ0n) is 9.45. The number of nitrogens with zero attached hydrogens (tertiary/aromatic N) is 1. The number of ether oxygens (including phenoxy) is 1. The van der Waals surface area contributed by atoms with E-state index in [-0.39, 0.29) is 0 Å². The number of hydrogen-bond donors (Lipinski definition) is 0. The molecule has 0 aliphatic carbocycles. The van der Waals surface area contributed by atoms with Gasteiger partial charge in [-0.15, -0.1) is 0 Å². The van der Waals surface area contributed by atoms with Crippen LogP contribution in [0.2, 0.25) is 0 Å². The maximum atomic E-state index is 5.11. The molecule has 14 heavy (non-hydrogen) atoms. The van der Waals surface area contributed by atoms with E-state index in [0.29, 0.717) is 5.92 Å². The highest BCUT2D eigenvalue weighted by Gasteiger charge is 2.02. The normalized spacial score (nSPS) is 10.4.